The maximum absolute atomic E-state index is 11.1. The van der Waals surface area contributed by atoms with Gasteiger partial charge in [-0.15, -0.1) is 11.8 Å². The molecule has 1 unspecified atom stereocenters. The zero-order valence-corrected chi connectivity index (χ0v) is 13.7. The van der Waals surface area contributed by atoms with Crippen LogP contribution in [-0.4, -0.2) is 25.7 Å². The van der Waals surface area contributed by atoms with Crippen molar-refractivity contribution in [3.8, 4) is 11.5 Å². The van der Waals surface area contributed by atoms with E-state index in [0.29, 0.717) is 17.2 Å². The van der Waals surface area contributed by atoms with E-state index in [9.17, 15) is 10.1 Å². The van der Waals surface area contributed by atoms with Gasteiger partial charge in [-0.05, 0) is 18.2 Å². The van der Waals surface area contributed by atoms with E-state index in [1.54, 1.807) is 31.4 Å². The Hall–Kier alpha value is -2.41. The number of thioether (sulfide) groups is 1. The molecule has 0 aliphatic carbocycles. The van der Waals surface area contributed by atoms with Crippen LogP contribution in [0.4, 0.5) is 5.69 Å². The van der Waals surface area contributed by atoms with Crippen LogP contribution in [0, 0.1) is 10.1 Å². The molecule has 0 saturated heterocycles. The highest BCUT2D eigenvalue weighted by molar-refractivity contribution is 7.99. The van der Waals surface area contributed by atoms with Crippen molar-refractivity contribution >= 4 is 17.4 Å². The summed E-state index contributed by atoms with van der Waals surface area (Å²) >= 11 is 1.35. The highest BCUT2D eigenvalue weighted by atomic mass is 32.2. The minimum absolute atomic E-state index is 0.234. The minimum atomic E-state index is -0.421. The van der Waals surface area contributed by atoms with Gasteiger partial charge in [-0.25, -0.2) is 0 Å². The smallest absolute Gasteiger partial charge is 0.220 e. The van der Waals surface area contributed by atoms with Gasteiger partial charge in [0.15, 0.2) is 0 Å². The predicted octanol–water partition coefficient (Wildman–Crippen LogP) is 3.40. The molecular weight excluding hydrogens is 316 g/mol. The fourth-order valence-corrected chi connectivity index (χ4v) is 3.35. The van der Waals surface area contributed by atoms with E-state index in [1.165, 1.54) is 18.9 Å². The summed E-state index contributed by atoms with van der Waals surface area (Å²) in [5, 5.41) is 10.7. The number of para-hydroxylation sites is 1. The van der Waals surface area contributed by atoms with Crippen LogP contribution >= 0.6 is 11.8 Å². The number of nitro groups is 1. The maximum Gasteiger partial charge on any atom is 0.220 e. The molecule has 0 spiro atoms. The molecule has 2 N–H and O–H groups in total. The lowest BCUT2D eigenvalue weighted by molar-refractivity contribution is -0.479. The van der Waals surface area contributed by atoms with Crippen molar-refractivity contribution in [2.75, 3.05) is 26.5 Å². The molecule has 122 valence electrons. The Morgan fingerprint density at radius 2 is 1.96 bits per heavy atom. The molecule has 0 saturated carbocycles. The fraction of sp³-hybridized carbons (Fsp3) is 0.250. The van der Waals surface area contributed by atoms with Crippen LogP contribution < -0.4 is 15.2 Å². The Labute approximate surface area is 138 Å². The van der Waals surface area contributed by atoms with Crippen LogP contribution in [0.25, 0.3) is 0 Å². The van der Waals surface area contributed by atoms with Gasteiger partial charge in [0.25, 0.3) is 0 Å². The summed E-state index contributed by atoms with van der Waals surface area (Å²) in [6.45, 7) is -0.234. The molecule has 2 aromatic carbocycles. The van der Waals surface area contributed by atoms with E-state index in [1.807, 2.05) is 18.2 Å². The normalized spacial score (nSPS) is 11.7. The molecule has 0 aromatic heterocycles. The SMILES string of the molecule is COc1ccc(C(C[N+](=O)[O-])Sc2ccccc2N)c(OC)c1. The van der Waals surface area contributed by atoms with Crippen molar-refractivity contribution in [2.24, 2.45) is 0 Å². The average molecular weight is 334 g/mol. The number of benzene rings is 2. The number of nitrogens with two attached hydrogens (primary N) is 1. The van der Waals surface area contributed by atoms with Crippen LogP contribution in [0.5, 0.6) is 11.5 Å². The number of ether oxygens (including phenoxy) is 2. The van der Waals surface area contributed by atoms with Gasteiger partial charge < -0.3 is 15.2 Å². The van der Waals surface area contributed by atoms with Crippen LogP contribution in [-0.2, 0) is 0 Å². The third-order valence-corrected chi connectivity index (χ3v) is 4.60. The molecule has 0 fully saturated rings. The lowest BCUT2D eigenvalue weighted by Gasteiger charge is -2.18. The third-order valence-electron chi connectivity index (χ3n) is 3.29. The van der Waals surface area contributed by atoms with E-state index in [4.69, 9.17) is 15.2 Å². The van der Waals surface area contributed by atoms with Crippen molar-refractivity contribution in [3.05, 3.63) is 58.1 Å². The highest BCUT2D eigenvalue weighted by Crippen LogP contribution is 2.42. The standard InChI is InChI=1S/C16H18N2O4S/c1-21-11-7-8-12(14(9-11)22-2)16(10-18(19)20)23-15-6-4-3-5-13(15)17/h3-9,16H,10,17H2,1-2H3. The van der Waals surface area contributed by atoms with Crippen LogP contribution in [0.2, 0.25) is 0 Å². The number of methoxy groups -OCH3 is 2. The van der Waals surface area contributed by atoms with Gasteiger partial charge in [0.2, 0.25) is 6.54 Å². The number of hydrogen-bond acceptors (Lipinski definition) is 6. The lowest BCUT2D eigenvalue weighted by atomic mass is 10.1. The molecule has 7 heteroatoms. The molecule has 1 atom stereocenters. The van der Waals surface area contributed by atoms with Crippen LogP contribution in [0.3, 0.4) is 0 Å². The number of nitrogen functional groups attached to an aromatic ring is 1. The first-order valence-electron chi connectivity index (χ1n) is 6.90. The first-order valence-corrected chi connectivity index (χ1v) is 7.78. The van der Waals surface area contributed by atoms with Crippen molar-refractivity contribution < 1.29 is 14.4 Å². The second kappa shape index (κ2) is 7.73. The van der Waals surface area contributed by atoms with Gasteiger partial charge in [0, 0.05) is 27.1 Å². The predicted molar refractivity (Wildman–Crippen MR) is 90.9 cm³/mol. The molecule has 0 bridgehead atoms. The molecule has 2 aromatic rings. The Morgan fingerprint density at radius 1 is 1.22 bits per heavy atom. The van der Waals surface area contributed by atoms with Gasteiger partial charge in [0.1, 0.15) is 16.7 Å². The quantitative estimate of drug-likeness (QED) is 0.361. The van der Waals surface area contributed by atoms with E-state index < -0.39 is 5.25 Å². The largest absolute Gasteiger partial charge is 0.497 e. The van der Waals surface area contributed by atoms with E-state index in [2.05, 4.69) is 0 Å². The van der Waals surface area contributed by atoms with Gasteiger partial charge in [-0.3, -0.25) is 10.1 Å². The zero-order chi connectivity index (χ0) is 16.8. The van der Waals surface area contributed by atoms with Gasteiger partial charge in [-0.1, -0.05) is 18.2 Å². The van der Waals surface area contributed by atoms with E-state index in [-0.39, 0.29) is 11.5 Å². The van der Waals surface area contributed by atoms with Crippen molar-refractivity contribution in [1.82, 2.24) is 0 Å². The topological polar surface area (TPSA) is 87.6 Å². The summed E-state index contributed by atoms with van der Waals surface area (Å²) in [7, 11) is 3.09. The molecule has 0 amide bonds. The third kappa shape index (κ3) is 4.29. The number of nitrogens with zero attached hydrogens (tertiary/aromatic N) is 1. The van der Waals surface area contributed by atoms with Crippen molar-refractivity contribution in [1.29, 1.82) is 0 Å². The second-order valence-corrected chi connectivity index (χ2v) is 6.01. The zero-order valence-electron chi connectivity index (χ0n) is 12.9. The molecule has 0 radical (unpaired) electrons. The number of rotatable bonds is 7. The molecule has 0 aliphatic heterocycles. The summed E-state index contributed by atoms with van der Waals surface area (Å²) in [5.41, 5.74) is 7.28. The Balaban J connectivity index is 2.39. The monoisotopic (exact) mass is 334 g/mol. The average Bonchev–Trinajstić information content (AvgIpc) is 2.55. The van der Waals surface area contributed by atoms with E-state index in [0.717, 1.165) is 10.5 Å². The first kappa shape index (κ1) is 17.0. The van der Waals surface area contributed by atoms with Crippen LogP contribution in [0.1, 0.15) is 10.8 Å². The molecule has 0 aliphatic rings. The van der Waals surface area contributed by atoms with Crippen molar-refractivity contribution in [2.45, 2.75) is 10.1 Å². The highest BCUT2D eigenvalue weighted by Gasteiger charge is 2.24. The minimum Gasteiger partial charge on any atom is -0.497 e. The fourth-order valence-electron chi connectivity index (χ4n) is 2.16. The Bertz CT molecular complexity index is 694. The molecular formula is C16H18N2O4S. The summed E-state index contributed by atoms with van der Waals surface area (Å²) < 4.78 is 10.5. The lowest BCUT2D eigenvalue weighted by Crippen LogP contribution is -2.11. The van der Waals surface area contributed by atoms with E-state index >= 15 is 0 Å². The second-order valence-electron chi connectivity index (χ2n) is 4.77. The number of anilines is 1. The summed E-state index contributed by atoms with van der Waals surface area (Å²) in [6, 6.07) is 12.6. The summed E-state index contributed by atoms with van der Waals surface area (Å²) in [5.74, 6) is 1.19. The first-order chi connectivity index (χ1) is 11.0. The summed E-state index contributed by atoms with van der Waals surface area (Å²) in [6.07, 6.45) is 0. The molecule has 2 rings (SSSR count). The molecule has 6 nitrogen and oxygen atoms in total. The maximum atomic E-state index is 11.1. The molecule has 0 heterocycles. The molecule has 23 heavy (non-hydrogen) atoms. The van der Waals surface area contributed by atoms with Crippen molar-refractivity contribution in [3.63, 3.8) is 0 Å². The Morgan fingerprint density at radius 3 is 2.57 bits per heavy atom. The van der Waals surface area contributed by atoms with Gasteiger partial charge >= 0.3 is 0 Å². The Kier molecular flexibility index (Phi) is 5.70. The van der Waals surface area contributed by atoms with Gasteiger partial charge in [0.05, 0.1) is 14.2 Å². The van der Waals surface area contributed by atoms with Crippen LogP contribution in [0.15, 0.2) is 47.4 Å². The summed E-state index contributed by atoms with van der Waals surface area (Å²) in [4.78, 5) is 11.5. The number of hydrogen-bond donors (Lipinski definition) is 1. The van der Waals surface area contributed by atoms with Gasteiger partial charge in [-0.2, -0.15) is 0 Å².